The molecule has 38 heavy (non-hydrogen) atoms. The van der Waals surface area contributed by atoms with Crippen molar-refractivity contribution in [3.05, 3.63) is 83.9 Å². The molecule has 4 aromatic rings. The molecule has 0 aliphatic carbocycles. The molecule has 6 rings (SSSR count). The molecule has 0 saturated heterocycles. The van der Waals surface area contributed by atoms with Crippen molar-refractivity contribution in [1.29, 1.82) is 0 Å². The van der Waals surface area contributed by atoms with E-state index in [9.17, 15) is 9.13 Å². The Balaban J connectivity index is 1.59. The number of hydrogen-bond acceptors (Lipinski definition) is 6. The number of rotatable bonds is 5. The highest BCUT2D eigenvalue weighted by Gasteiger charge is 2.40. The van der Waals surface area contributed by atoms with Crippen LogP contribution in [0.4, 0.5) is 0 Å². The van der Waals surface area contributed by atoms with Gasteiger partial charge in [-0.25, -0.2) is 9.13 Å². The third-order valence-electron chi connectivity index (χ3n) is 6.78. The topological polar surface area (TPSA) is 71.1 Å². The summed E-state index contributed by atoms with van der Waals surface area (Å²) in [6.07, 6.45) is 0. The van der Waals surface area contributed by atoms with Crippen molar-refractivity contribution >= 4 is 25.8 Å². The van der Waals surface area contributed by atoms with Gasteiger partial charge in [0.05, 0.1) is 23.8 Å². The molecule has 0 spiro atoms. The monoisotopic (exact) mass is 546 g/mol. The number of hydrogen-bond donors (Lipinski definition) is 0. The average Bonchev–Trinajstić information content (AvgIpc) is 2.89. The summed E-state index contributed by atoms with van der Waals surface area (Å²) in [4.78, 5) is 0. The minimum atomic E-state index is -3.59. The van der Waals surface area contributed by atoms with Gasteiger partial charge >= 0.3 is 15.2 Å². The lowest BCUT2D eigenvalue weighted by Crippen LogP contribution is -2.20. The molecular formula is C30H28O6P2. The molecular weight excluding hydrogens is 518 g/mol. The fourth-order valence-electron chi connectivity index (χ4n) is 5.19. The van der Waals surface area contributed by atoms with Crippen LogP contribution in [0, 0.1) is 13.8 Å². The van der Waals surface area contributed by atoms with Crippen LogP contribution in [0.3, 0.4) is 0 Å². The highest BCUT2D eigenvalue weighted by Crippen LogP contribution is 2.59. The number of fused-ring (bicyclic) bond motifs is 6. The Morgan fingerprint density at radius 3 is 2.08 bits per heavy atom. The van der Waals surface area contributed by atoms with Gasteiger partial charge in [0.2, 0.25) is 0 Å². The Hall–Kier alpha value is -3.14. The van der Waals surface area contributed by atoms with Crippen LogP contribution in [0.15, 0.2) is 72.8 Å². The predicted molar refractivity (Wildman–Crippen MR) is 151 cm³/mol. The van der Waals surface area contributed by atoms with Gasteiger partial charge in [0.1, 0.15) is 11.5 Å². The minimum Gasteiger partial charge on any atom is -0.421 e. The second-order valence-corrected chi connectivity index (χ2v) is 13.3. The Labute approximate surface area is 222 Å². The van der Waals surface area contributed by atoms with E-state index in [1.165, 1.54) is 0 Å². The van der Waals surface area contributed by atoms with Crippen LogP contribution >= 0.6 is 15.2 Å². The zero-order chi connectivity index (χ0) is 26.7. The van der Waals surface area contributed by atoms with Crippen LogP contribution in [0.25, 0.3) is 33.4 Å². The zero-order valence-electron chi connectivity index (χ0n) is 21.7. The smallest absolute Gasteiger partial charge is 0.411 e. The lowest BCUT2D eigenvalue weighted by atomic mass is 9.92. The van der Waals surface area contributed by atoms with E-state index >= 15 is 0 Å². The molecule has 194 valence electrons. The van der Waals surface area contributed by atoms with Crippen molar-refractivity contribution in [3.8, 4) is 44.9 Å². The van der Waals surface area contributed by atoms with Crippen LogP contribution in [0.5, 0.6) is 11.5 Å². The first kappa shape index (κ1) is 25.2. The minimum absolute atomic E-state index is 0.254. The van der Waals surface area contributed by atoms with Gasteiger partial charge in [0, 0.05) is 27.8 Å². The van der Waals surface area contributed by atoms with E-state index in [2.05, 4.69) is 0 Å². The lowest BCUT2D eigenvalue weighted by molar-refractivity contribution is 0.287. The maximum Gasteiger partial charge on any atom is 0.411 e. The summed E-state index contributed by atoms with van der Waals surface area (Å²) in [5, 5.41) is 1.09. The lowest BCUT2D eigenvalue weighted by Gasteiger charge is -2.30. The first-order chi connectivity index (χ1) is 18.3. The number of benzene rings is 4. The quantitative estimate of drug-likeness (QED) is 0.238. The van der Waals surface area contributed by atoms with E-state index in [0.717, 1.165) is 44.5 Å². The summed E-state index contributed by atoms with van der Waals surface area (Å²) in [6, 6.07) is 23.1. The summed E-state index contributed by atoms with van der Waals surface area (Å²) in [7, 11) is -7.16. The molecule has 4 aromatic carbocycles. The molecule has 0 fully saturated rings. The molecule has 0 saturated carbocycles. The molecule has 6 nitrogen and oxygen atoms in total. The van der Waals surface area contributed by atoms with Crippen molar-refractivity contribution in [1.82, 2.24) is 0 Å². The highest BCUT2D eigenvalue weighted by molar-refractivity contribution is 7.63. The van der Waals surface area contributed by atoms with Crippen LogP contribution < -0.4 is 19.7 Å². The fraction of sp³-hybridized carbons (Fsp3) is 0.200. The van der Waals surface area contributed by atoms with Crippen molar-refractivity contribution in [2.75, 3.05) is 13.2 Å². The second kappa shape index (κ2) is 9.25. The molecule has 0 radical (unpaired) electrons. The van der Waals surface area contributed by atoms with E-state index < -0.39 is 15.2 Å². The molecule has 2 aliphatic rings. The van der Waals surface area contributed by atoms with E-state index in [4.69, 9.17) is 18.1 Å². The fourth-order valence-corrected chi connectivity index (χ4v) is 8.79. The molecule has 0 bridgehead atoms. The first-order valence-electron chi connectivity index (χ1n) is 12.7. The second-order valence-electron chi connectivity index (χ2n) is 9.45. The Morgan fingerprint density at radius 1 is 0.632 bits per heavy atom. The summed E-state index contributed by atoms with van der Waals surface area (Å²) in [6.45, 7) is 8.10. The Kier molecular flexibility index (Phi) is 6.13. The van der Waals surface area contributed by atoms with Gasteiger partial charge in [-0.15, -0.1) is 0 Å². The largest absolute Gasteiger partial charge is 0.421 e. The molecule has 0 N–H and O–H groups in total. The van der Waals surface area contributed by atoms with Crippen LogP contribution in [-0.4, -0.2) is 13.2 Å². The maximum atomic E-state index is 14.0. The molecule has 2 heterocycles. The summed E-state index contributed by atoms with van der Waals surface area (Å²) in [5.74, 6) is 1.04. The van der Waals surface area contributed by atoms with Crippen LogP contribution in [-0.2, 0) is 18.2 Å². The first-order valence-corrected chi connectivity index (χ1v) is 15.7. The summed E-state index contributed by atoms with van der Waals surface area (Å²) in [5.41, 5.74) is 6.96. The average molecular weight is 546 g/mol. The molecule has 8 heteroatoms. The maximum absolute atomic E-state index is 14.0. The van der Waals surface area contributed by atoms with Gasteiger partial charge in [0.25, 0.3) is 0 Å². The zero-order valence-corrected chi connectivity index (χ0v) is 23.5. The third-order valence-corrected chi connectivity index (χ3v) is 10.8. The predicted octanol–water partition coefficient (Wildman–Crippen LogP) is 7.80. The molecule has 2 aliphatic heterocycles. The molecule has 0 amide bonds. The summed E-state index contributed by atoms with van der Waals surface area (Å²) >= 11 is 0. The van der Waals surface area contributed by atoms with Crippen molar-refractivity contribution in [2.45, 2.75) is 27.7 Å². The van der Waals surface area contributed by atoms with E-state index in [-0.39, 0.29) is 13.2 Å². The van der Waals surface area contributed by atoms with Gasteiger partial charge in [-0.3, -0.25) is 9.05 Å². The van der Waals surface area contributed by atoms with Gasteiger partial charge in [-0.05, 0) is 80.8 Å². The van der Waals surface area contributed by atoms with Gasteiger partial charge < -0.3 is 9.05 Å². The van der Waals surface area contributed by atoms with E-state index in [1.54, 1.807) is 26.0 Å². The standard InChI is InChI=1S/C30H28O6P2/c1-5-33-37(31)29-14-12-21(18-25(29)22-13-11-19(3)17-27(22)35-37)24-15-20(4)16-26-23-9-7-8-10-28(23)38(32,34-6-2)36-30(24)26/h7-18H,5-6H2,1-4H3. The van der Waals surface area contributed by atoms with Crippen molar-refractivity contribution in [2.24, 2.45) is 0 Å². The SMILES string of the molecule is CCOP1(=O)Oc2cc(C)ccc2-c2cc(-c3cc(C)cc4c3OP(=O)(OCC)c3ccccc3-4)ccc21. The van der Waals surface area contributed by atoms with Crippen LogP contribution in [0.2, 0.25) is 0 Å². The van der Waals surface area contributed by atoms with E-state index in [1.807, 2.05) is 74.5 Å². The van der Waals surface area contributed by atoms with Crippen molar-refractivity contribution < 1.29 is 27.2 Å². The summed E-state index contributed by atoms with van der Waals surface area (Å²) < 4.78 is 51.5. The Bertz CT molecular complexity index is 1690. The van der Waals surface area contributed by atoms with Gasteiger partial charge in [-0.1, -0.05) is 36.4 Å². The van der Waals surface area contributed by atoms with Crippen LogP contribution in [0.1, 0.15) is 25.0 Å². The third kappa shape index (κ3) is 3.95. The molecule has 2 atom stereocenters. The van der Waals surface area contributed by atoms with Gasteiger partial charge in [0.15, 0.2) is 0 Å². The molecule has 2 unspecified atom stereocenters. The Morgan fingerprint density at radius 2 is 1.32 bits per heavy atom. The normalized spacial score (nSPS) is 20.8. The highest BCUT2D eigenvalue weighted by atomic mass is 31.2. The number of aryl methyl sites for hydroxylation is 2. The molecule has 0 aromatic heterocycles. The van der Waals surface area contributed by atoms with Crippen molar-refractivity contribution in [3.63, 3.8) is 0 Å². The van der Waals surface area contributed by atoms with E-state index in [0.29, 0.717) is 22.1 Å². The van der Waals surface area contributed by atoms with Gasteiger partial charge in [-0.2, -0.15) is 0 Å².